The summed E-state index contributed by atoms with van der Waals surface area (Å²) in [6.45, 7) is 6.55. The van der Waals surface area contributed by atoms with Crippen molar-refractivity contribution < 1.29 is 23.9 Å². The molecule has 1 heterocycles. The van der Waals surface area contributed by atoms with Gasteiger partial charge in [0.15, 0.2) is 0 Å². The van der Waals surface area contributed by atoms with Gasteiger partial charge in [0.2, 0.25) is 11.7 Å². The van der Waals surface area contributed by atoms with Gasteiger partial charge in [-0.3, -0.25) is 14.4 Å². The number of benzene rings is 1. The number of Topliss-reactive ketones (excluding diaryl/α,β-unsaturated/α-hetero) is 1. The van der Waals surface area contributed by atoms with E-state index in [2.05, 4.69) is 16.0 Å². The lowest BCUT2D eigenvalue weighted by molar-refractivity contribution is -0.140. The standard InChI is InChI=1S/C25H39N5O5/c1-18(2)21(28-25(34)30-13-15-35-16-14-30)23(32)27-20(17-19-9-6-5-7-10-19)22(31)24(33)26-11-8-12-29(3)4/h5-7,9-10,18,20-21H,8,11-17H2,1-4H3,(H,26,33)(H,27,32)(H,28,34)/t20-,21-/m0/s1. The van der Waals surface area contributed by atoms with Crippen molar-refractivity contribution in [3.05, 3.63) is 35.9 Å². The fourth-order valence-corrected chi connectivity index (χ4v) is 3.69. The van der Waals surface area contributed by atoms with E-state index in [1.165, 1.54) is 0 Å². The summed E-state index contributed by atoms with van der Waals surface area (Å²) >= 11 is 0. The fraction of sp³-hybridized carbons (Fsp3) is 0.600. The summed E-state index contributed by atoms with van der Waals surface area (Å²) in [4.78, 5) is 55.1. The summed E-state index contributed by atoms with van der Waals surface area (Å²) in [5, 5.41) is 8.16. The predicted octanol–water partition coefficient (Wildman–Crippen LogP) is 0.417. The summed E-state index contributed by atoms with van der Waals surface area (Å²) in [5.41, 5.74) is 0.810. The molecule has 1 fully saturated rings. The molecule has 0 spiro atoms. The van der Waals surface area contributed by atoms with E-state index in [1.807, 2.05) is 63.2 Å². The summed E-state index contributed by atoms with van der Waals surface area (Å²) < 4.78 is 5.28. The van der Waals surface area contributed by atoms with E-state index in [1.54, 1.807) is 4.90 Å². The van der Waals surface area contributed by atoms with Crippen LogP contribution in [0.1, 0.15) is 25.8 Å². The Bertz CT molecular complexity index is 840. The second-order valence-electron chi connectivity index (χ2n) is 9.30. The van der Waals surface area contributed by atoms with Gasteiger partial charge in [-0.1, -0.05) is 44.2 Å². The number of hydrogen-bond donors (Lipinski definition) is 3. The van der Waals surface area contributed by atoms with Gasteiger partial charge in [0.25, 0.3) is 5.91 Å². The molecule has 4 amide bonds. The maximum atomic E-state index is 13.2. The molecule has 0 bridgehead atoms. The van der Waals surface area contributed by atoms with E-state index in [0.29, 0.717) is 39.3 Å². The minimum Gasteiger partial charge on any atom is -0.378 e. The molecule has 194 valence electrons. The van der Waals surface area contributed by atoms with E-state index in [4.69, 9.17) is 4.74 Å². The number of morpholine rings is 1. The van der Waals surface area contributed by atoms with Gasteiger partial charge in [-0.25, -0.2) is 4.79 Å². The molecule has 0 aromatic heterocycles. The molecular formula is C25H39N5O5. The van der Waals surface area contributed by atoms with Crippen LogP contribution < -0.4 is 16.0 Å². The number of ketones is 1. The molecule has 0 saturated carbocycles. The zero-order chi connectivity index (χ0) is 25.8. The monoisotopic (exact) mass is 489 g/mol. The molecule has 2 atom stereocenters. The lowest BCUT2D eigenvalue weighted by Gasteiger charge is -2.30. The second-order valence-corrected chi connectivity index (χ2v) is 9.30. The zero-order valence-corrected chi connectivity index (χ0v) is 21.2. The predicted molar refractivity (Wildman–Crippen MR) is 133 cm³/mol. The molecule has 0 unspecified atom stereocenters. The van der Waals surface area contributed by atoms with E-state index < -0.39 is 29.7 Å². The van der Waals surface area contributed by atoms with Crippen LogP contribution >= 0.6 is 0 Å². The maximum absolute atomic E-state index is 13.2. The van der Waals surface area contributed by atoms with Gasteiger partial charge in [-0.2, -0.15) is 0 Å². The third kappa shape index (κ3) is 9.65. The van der Waals surface area contributed by atoms with Gasteiger partial charge in [-0.15, -0.1) is 0 Å². The van der Waals surface area contributed by atoms with Crippen LogP contribution in [-0.2, 0) is 25.5 Å². The fourth-order valence-electron chi connectivity index (χ4n) is 3.69. The van der Waals surface area contributed by atoms with Crippen LogP contribution in [0.4, 0.5) is 4.79 Å². The zero-order valence-electron chi connectivity index (χ0n) is 21.2. The van der Waals surface area contributed by atoms with E-state index in [0.717, 1.165) is 12.1 Å². The van der Waals surface area contributed by atoms with Crippen LogP contribution in [0.3, 0.4) is 0 Å². The van der Waals surface area contributed by atoms with Crippen LogP contribution in [0.2, 0.25) is 0 Å². The molecule has 1 aliphatic heterocycles. The van der Waals surface area contributed by atoms with E-state index in [-0.39, 0.29) is 18.4 Å². The number of hydrogen-bond acceptors (Lipinski definition) is 6. The number of ether oxygens (including phenoxy) is 1. The first kappa shape index (κ1) is 28.3. The average molecular weight is 490 g/mol. The highest BCUT2D eigenvalue weighted by atomic mass is 16.5. The van der Waals surface area contributed by atoms with Crippen molar-refractivity contribution >= 4 is 23.6 Å². The second kappa shape index (κ2) is 14.4. The quantitative estimate of drug-likeness (QED) is 0.289. The Kier molecular flexibility index (Phi) is 11.6. The van der Waals surface area contributed by atoms with Gasteiger partial charge in [-0.05, 0) is 38.5 Å². The number of amides is 4. The Hall–Kier alpha value is -2.98. The van der Waals surface area contributed by atoms with Gasteiger partial charge in [0.1, 0.15) is 12.1 Å². The Balaban J connectivity index is 2.08. The SMILES string of the molecule is CC(C)[C@H](NC(=O)N1CCOCC1)C(=O)N[C@@H](Cc1ccccc1)C(=O)C(=O)NCCCN(C)C. The Morgan fingerprint density at radius 1 is 1.03 bits per heavy atom. The van der Waals surface area contributed by atoms with Crippen molar-refractivity contribution in [2.24, 2.45) is 5.92 Å². The first-order chi connectivity index (χ1) is 16.7. The molecule has 0 aliphatic carbocycles. The minimum absolute atomic E-state index is 0.165. The van der Waals surface area contributed by atoms with Crippen molar-refractivity contribution in [3.8, 4) is 0 Å². The van der Waals surface area contributed by atoms with Gasteiger partial charge < -0.3 is 30.5 Å². The van der Waals surface area contributed by atoms with Crippen molar-refractivity contribution in [1.82, 2.24) is 25.8 Å². The van der Waals surface area contributed by atoms with Gasteiger partial charge in [0.05, 0.1) is 13.2 Å². The molecule has 1 aliphatic rings. The Morgan fingerprint density at radius 2 is 1.69 bits per heavy atom. The van der Waals surface area contributed by atoms with Crippen LogP contribution in [0, 0.1) is 5.92 Å². The normalized spacial score (nSPS) is 15.4. The van der Waals surface area contributed by atoms with Crippen molar-refractivity contribution in [1.29, 1.82) is 0 Å². The highest BCUT2D eigenvalue weighted by Crippen LogP contribution is 2.09. The average Bonchev–Trinajstić information content (AvgIpc) is 2.84. The molecule has 10 heteroatoms. The molecule has 3 N–H and O–H groups in total. The van der Waals surface area contributed by atoms with Crippen LogP contribution in [-0.4, -0.2) is 99.0 Å². The number of carbonyl (C=O) groups is 4. The summed E-state index contributed by atoms with van der Waals surface area (Å²) in [6.07, 6.45) is 0.865. The van der Waals surface area contributed by atoms with E-state index in [9.17, 15) is 19.2 Å². The number of nitrogens with zero attached hydrogens (tertiary/aromatic N) is 2. The van der Waals surface area contributed by atoms with Crippen molar-refractivity contribution in [2.75, 3.05) is 53.5 Å². The third-order valence-electron chi connectivity index (χ3n) is 5.73. The number of urea groups is 1. The first-order valence-electron chi connectivity index (χ1n) is 12.1. The van der Waals surface area contributed by atoms with Crippen molar-refractivity contribution in [3.63, 3.8) is 0 Å². The van der Waals surface area contributed by atoms with Crippen LogP contribution in [0.15, 0.2) is 30.3 Å². The summed E-state index contributed by atoms with van der Waals surface area (Å²) in [7, 11) is 3.86. The molecule has 0 radical (unpaired) electrons. The highest BCUT2D eigenvalue weighted by molar-refractivity contribution is 6.38. The Labute approximate surface area is 207 Å². The van der Waals surface area contributed by atoms with Crippen LogP contribution in [0.25, 0.3) is 0 Å². The molecule has 1 aromatic rings. The lowest BCUT2D eigenvalue weighted by Crippen LogP contribution is -2.58. The third-order valence-corrected chi connectivity index (χ3v) is 5.73. The molecule has 10 nitrogen and oxygen atoms in total. The van der Waals surface area contributed by atoms with Crippen LogP contribution in [0.5, 0.6) is 0 Å². The number of nitrogens with one attached hydrogen (secondary N) is 3. The smallest absolute Gasteiger partial charge is 0.318 e. The number of carbonyl (C=O) groups excluding carboxylic acids is 4. The summed E-state index contributed by atoms with van der Waals surface area (Å²) in [6, 6.07) is 6.92. The summed E-state index contributed by atoms with van der Waals surface area (Å²) in [5.74, 6) is -2.18. The highest BCUT2D eigenvalue weighted by Gasteiger charge is 2.32. The van der Waals surface area contributed by atoms with Gasteiger partial charge in [0, 0.05) is 26.1 Å². The van der Waals surface area contributed by atoms with E-state index >= 15 is 0 Å². The topological polar surface area (TPSA) is 120 Å². The molecular weight excluding hydrogens is 450 g/mol. The van der Waals surface area contributed by atoms with Crippen molar-refractivity contribution in [2.45, 2.75) is 38.8 Å². The largest absolute Gasteiger partial charge is 0.378 e. The molecule has 35 heavy (non-hydrogen) atoms. The first-order valence-corrected chi connectivity index (χ1v) is 12.1. The van der Waals surface area contributed by atoms with Gasteiger partial charge >= 0.3 is 6.03 Å². The maximum Gasteiger partial charge on any atom is 0.318 e. The molecule has 1 aromatic carbocycles. The molecule has 1 saturated heterocycles. The minimum atomic E-state index is -1.06. The lowest BCUT2D eigenvalue weighted by atomic mass is 9.99. The Morgan fingerprint density at radius 3 is 2.29 bits per heavy atom. The molecule has 2 rings (SSSR count). The number of rotatable bonds is 12.